The number of rotatable bonds is 7. The summed E-state index contributed by atoms with van der Waals surface area (Å²) in [6, 6.07) is 8.38. The molecule has 0 fully saturated rings. The van der Waals surface area contributed by atoms with E-state index < -0.39 is 0 Å². The Labute approximate surface area is 119 Å². The van der Waals surface area contributed by atoms with Crippen molar-refractivity contribution in [2.45, 2.75) is 37.8 Å². The molecule has 0 aliphatic heterocycles. The van der Waals surface area contributed by atoms with Crippen LogP contribution in [0, 0.1) is 0 Å². The Morgan fingerprint density at radius 3 is 2.33 bits per heavy atom. The SMILES string of the molecule is CC(O)CN(CCSc1ccc(Cl)cc1)C(C)C. The van der Waals surface area contributed by atoms with Crippen molar-refractivity contribution in [2.24, 2.45) is 0 Å². The van der Waals surface area contributed by atoms with Gasteiger partial charge >= 0.3 is 0 Å². The van der Waals surface area contributed by atoms with Crippen molar-refractivity contribution < 1.29 is 5.11 Å². The van der Waals surface area contributed by atoms with Crippen LogP contribution >= 0.6 is 23.4 Å². The number of aliphatic hydroxyl groups is 1. The molecule has 1 aromatic carbocycles. The smallest absolute Gasteiger partial charge is 0.0639 e. The van der Waals surface area contributed by atoms with E-state index in [9.17, 15) is 5.11 Å². The second-order valence-corrected chi connectivity index (χ2v) is 6.34. The summed E-state index contributed by atoms with van der Waals surface area (Å²) in [6.07, 6.45) is -0.270. The zero-order valence-electron chi connectivity index (χ0n) is 11.3. The first kappa shape index (κ1) is 15.8. The molecule has 0 heterocycles. The molecule has 1 rings (SSSR count). The minimum Gasteiger partial charge on any atom is -0.392 e. The van der Waals surface area contributed by atoms with E-state index in [0.717, 1.165) is 23.9 Å². The van der Waals surface area contributed by atoms with Crippen molar-refractivity contribution in [3.8, 4) is 0 Å². The van der Waals surface area contributed by atoms with Crippen molar-refractivity contribution in [2.75, 3.05) is 18.8 Å². The standard InChI is InChI=1S/C14H22ClNOS/c1-11(2)16(10-12(3)17)8-9-18-14-6-4-13(15)5-7-14/h4-7,11-12,17H,8-10H2,1-3H3. The number of thioether (sulfide) groups is 1. The maximum atomic E-state index is 9.46. The summed E-state index contributed by atoms with van der Waals surface area (Å²) in [5.74, 6) is 1.02. The quantitative estimate of drug-likeness (QED) is 0.776. The summed E-state index contributed by atoms with van der Waals surface area (Å²) >= 11 is 7.67. The van der Waals surface area contributed by atoms with Crippen LogP contribution in [0.25, 0.3) is 0 Å². The first-order valence-corrected chi connectivity index (χ1v) is 7.66. The van der Waals surface area contributed by atoms with E-state index in [0.29, 0.717) is 6.04 Å². The highest BCUT2D eigenvalue weighted by Gasteiger charge is 2.11. The summed E-state index contributed by atoms with van der Waals surface area (Å²) in [5, 5.41) is 10.2. The lowest BCUT2D eigenvalue weighted by molar-refractivity contribution is 0.112. The van der Waals surface area contributed by atoms with Crippen LogP contribution in [0.5, 0.6) is 0 Å². The van der Waals surface area contributed by atoms with Crippen molar-refractivity contribution in [3.63, 3.8) is 0 Å². The molecule has 4 heteroatoms. The zero-order chi connectivity index (χ0) is 13.5. The van der Waals surface area contributed by atoms with Crippen molar-refractivity contribution in [1.82, 2.24) is 4.90 Å². The fourth-order valence-corrected chi connectivity index (χ4v) is 2.73. The third kappa shape index (κ3) is 6.10. The molecule has 0 spiro atoms. The molecule has 0 bridgehead atoms. The van der Waals surface area contributed by atoms with E-state index in [2.05, 4.69) is 18.7 Å². The molecule has 1 atom stereocenters. The summed E-state index contributed by atoms with van der Waals surface area (Å²) < 4.78 is 0. The fourth-order valence-electron chi connectivity index (χ4n) is 1.71. The van der Waals surface area contributed by atoms with Crippen molar-refractivity contribution in [3.05, 3.63) is 29.3 Å². The highest BCUT2D eigenvalue weighted by molar-refractivity contribution is 7.99. The molecular formula is C14H22ClNOS. The molecule has 0 radical (unpaired) electrons. The average molecular weight is 288 g/mol. The molecule has 1 unspecified atom stereocenters. The first-order chi connectivity index (χ1) is 8.49. The number of halogens is 1. The molecule has 0 aliphatic rings. The van der Waals surface area contributed by atoms with E-state index >= 15 is 0 Å². The average Bonchev–Trinajstić information content (AvgIpc) is 2.29. The van der Waals surface area contributed by atoms with Gasteiger partial charge in [0.1, 0.15) is 0 Å². The normalized spacial score (nSPS) is 13.3. The zero-order valence-corrected chi connectivity index (χ0v) is 12.8. The predicted octanol–water partition coefficient (Wildman–Crippen LogP) is 3.52. The number of hydrogen-bond acceptors (Lipinski definition) is 3. The molecule has 102 valence electrons. The van der Waals surface area contributed by atoms with Gasteiger partial charge in [-0.25, -0.2) is 0 Å². The number of aliphatic hydroxyl groups excluding tert-OH is 1. The second-order valence-electron chi connectivity index (χ2n) is 4.74. The van der Waals surface area contributed by atoms with Gasteiger partial charge < -0.3 is 5.11 Å². The fraction of sp³-hybridized carbons (Fsp3) is 0.571. The number of hydrogen-bond donors (Lipinski definition) is 1. The lowest BCUT2D eigenvalue weighted by atomic mass is 10.3. The van der Waals surface area contributed by atoms with Crippen LogP contribution in [-0.4, -0.2) is 41.0 Å². The monoisotopic (exact) mass is 287 g/mol. The molecule has 1 N–H and O–H groups in total. The molecule has 0 saturated carbocycles. The minimum atomic E-state index is -0.270. The minimum absolute atomic E-state index is 0.270. The van der Waals surface area contributed by atoms with E-state index in [1.165, 1.54) is 4.90 Å². The summed E-state index contributed by atoms with van der Waals surface area (Å²) in [5.41, 5.74) is 0. The van der Waals surface area contributed by atoms with Gasteiger partial charge in [-0.15, -0.1) is 11.8 Å². The van der Waals surface area contributed by atoms with Crippen LogP contribution in [-0.2, 0) is 0 Å². The predicted molar refractivity (Wildman–Crippen MR) is 80.6 cm³/mol. The van der Waals surface area contributed by atoms with Gasteiger partial charge in [0, 0.05) is 34.8 Å². The summed E-state index contributed by atoms with van der Waals surface area (Å²) in [6.45, 7) is 7.88. The molecule has 18 heavy (non-hydrogen) atoms. The Morgan fingerprint density at radius 1 is 1.22 bits per heavy atom. The van der Waals surface area contributed by atoms with Crippen LogP contribution in [0.4, 0.5) is 0 Å². The Balaban J connectivity index is 2.36. The molecule has 1 aromatic rings. The number of nitrogens with zero attached hydrogens (tertiary/aromatic N) is 1. The van der Waals surface area contributed by atoms with Crippen LogP contribution in [0.15, 0.2) is 29.2 Å². The van der Waals surface area contributed by atoms with E-state index in [1.54, 1.807) is 0 Å². The van der Waals surface area contributed by atoms with Gasteiger partial charge in [-0.3, -0.25) is 4.90 Å². The number of benzene rings is 1. The van der Waals surface area contributed by atoms with Gasteiger partial charge in [-0.05, 0) is 45.0 Å². The Kier molecular flexibility index (Phi) is 7.08. The molecule has 0 amide bonds. The highest BCUT2D eigenvalue weighted by atomic mass is 35.5. The van der Waals surface area contributed by atoms with Crippen LogP contribution in [0.2, 0.25) is 5.02 Å². The van der Waals surface area contributed by atoms with Crippen LogP contribution < -0.4 is 0 Å². The van der Waals surface area contributed by atoms with Crippen LogP contribution in [0.1, 0.15) is 20.8 Å². The summed E-state index contributed by atoms with van der Waals surface area (Å²) in [7, 11) is 0. The van der Waals surface area contributed by atoms with E-state index in [-0.39, 0.29) is 6.10 Å². The van der Waals surface area contributed by atoms with Gasteiger partial charge in [-0.2, -0.15) is 0 Å². The highest BCUT2D eigenvalue weighted by Crippen LogP contribution is 2.20. The van der Waals surface area contributed by atoms with E-state index in [1.807, 2.05) is 43.0 Å². The lowest BCUT2D eigenvalue weighted by Crippen LogP contribution is -2.38. The first-order valence-electron chi connectivity index (χ1n) is 6.29. The third-order valence-corrected chi connectivity index (χ3v) is 3.93. The maximum absolute atomic E-state index is 9.46. The van der Waals surface area contributed by atoms with Crippen molar-refractivity contribution in [1.29, 1.82) is 0 Å². The molecule has 2 nitrogen and oxygen atoms in total. The topological polar surface area (TPSA) is 23.5 Å². The second kappa shape index (κ2) is 8.05. The molecule has 0 aliphatic carbocycles. The van der Waals surface area contributed by atoms with Crippen molar-refractivity contribution >= 4 is 23.4 Å². The van der Waals surface area contributed by atoms with Gasteiger partial charge in [0.05, 0.1) is 6.10 Å². The lowest BCUT2D eigenvalue weighted by Gasteiger charge is -2.27. The van der Waals surface area contributed by atoms with E-state index in [4.69, 9.17) is 11.6 Å². The van der Waals surface area contributed by atoms with Gasteiger partial charge in [0.2, 0.25) is 0 Å². The van der Waals surface area contributed by atoms with Crippen LogP contribution in [0.3, 0.4) is 0 Å². The Bertz CT molecular complexity index is 340. The van der Waals surface area contributed by atoms with Gasteiger partial charge in [0.15, 0.2) is 0 Å². The van der Waals surface area contributed by atoms with Gasteiger partial charge in [-0.1, -0.05) is 11.6 Å². The third-order valence-electron chi connectivity index (χ3n) is 2.69. The van der Waals surface area contributed by atoms with Gasteiger partial charge in [0.25, 0.3) is 0 Å². The molecule has 0 aromatic heterocycles. The Hall–Kier alpha value is -0.220. The maximum Gasteiger partial charge on any atom is 0.0639 e. The Morgan fingerprint density at radius 2 is 1.83 bits per heavy atom. The molecular weight excluding hydrogens is 266 g/mol. The molecule has 0 saturated heterocycles. The summed E-state index contributed by atoms with van der Waals surface area (Å²) in [4.78, 5) is 3.54. The largest absolute Gasteiger partial charge is 0.392 e.